The number of nitrogens with zero attached hydrogens (tertiary/aromatic N) is 6. The van der Waals surface area contributed by atoms with Gasteiger partial charge in [0.25, 0.3) is 0 Å². The predicted octanol–water partition coefficient (Wildman–Crippen LogP) is 2.63. The Morgan fingerprint density at radius 3 is 2.61 bits per heavy atom. The largest absolute Gasteiger partial charge is 0.378 e. The second-order valence-electron chi connectivity index (χ2n) is 6.37. The maximum absolute atomic E-state index is 5.64. The molecule has 0 aliphatic carbocycles. The van der Waals surface area contributed by atoms with E-state index in [0.717, 1.165) is 45.8 Å². The summed E-state index contributed by atoms with van der Waals surface area (Å²) in [5.41, 5.74) is 9.34. The average molecular weight is 391 g/mol. The van der Waals surface area contributed by atoms with Crippen LogP contribution in [0.1, 0.15) is 0 Å². The van der Waals surface area contributed by atoms with Crippen LogP contribution in [0.4, 0.5) is 11.8 Å². The van der Waals surface area contributed by atoms with Gasteiger partial charge in [-0.1, -0.05) is 6.07 Å². The smallest absolute Gasteiger partial charge is 0.219 e. The Bertz CT molecular complexity index is 1110. The quantitative estimate of drug-likeness (QED) is 0.568. The molecule has 8 nitrogen and oxygen atoms in total. The van der Waals surface area contributed by atoms with Gasteiger partial charge in [0, 0.05) is 54.4 Å². The summed E-state index contributed by atoms with van der Waals surface area (Å²) in [5, 5.41) is 2.11. The van der Waals surface area contributed by atoms with Crippen LogP contribution >= 0.6 is 11.3 Å². The van der Waals surface area contributed by atoms with Crippen LogP contribution in [0.2, 0.25) is 0 Å². The van der Waals surface area contributed by atoms with Gasteiger partial charge in [-0.05, 0) is 6.07 Å². The minimum absolute atomic E-state index is 0.227. The molecule has 0 atom stereocenters. The van der Waals surface area contributed by atoms with E-state index in [-0.39, 0.29) is 5.95 Å². The van der Waals surface area contributed by atoms with Gasteiger partial charge in [-0.25, -0.2) is 19.9 Å². The molecule has 0 aromatic carbocycles. The second-order valence-corrected chi connectivity index (χ2v) is 7.25. The van der Waals surface area contributed by atoms with Gasteiger partial charge in [0.2, 0.25) is 5.95 Å². The fourth-order valence-electron chi connectivity index (χ4n) is 3.20. The number of pyridine rings is 1. The molecule has 0 spiro atoms. The van der Waals surface area contributed by atoms with Crippen LogP contribution in [0.5, 0.6) is 0 Å². The maximum Gasteiger partial charge on any atom is 0.219 e. The number of thiophene rings is 1. The third-order valence-electron chi connectivity index (χ3n) is 4.61. The van der Waals surface area contributed by atoms with Crippen molar-refractivity contribution < 1.29 is 4.74 Å². The highest BCUT2D eigenvalue weighted by Crippen LogP contribution is 2.38. The molecule has 1 aliphatic heterocycles. The molecule has 4 aromatic rings. The van der Waals surface area contributed by atoms with Gasteiger partial charge >= 0.3 is 0 Å². The standard InChI is InChI=1S/C19H17N7OS/c20-19-22-9-13(10-23-19)17-24-15-14(12-2-1-3-21-8-12)11-28-16(15)18(25-17)26-4-6-27-7-5-26/h1-3,8-11H,4-7H2,(H2,20,22,23). The minimum Gasteiger partial charge on any atom is -0.378 e. The number of nitrogens with two attached hydrogens (primary N) is 1. The molecular weight excluding hydrogens is 374 g/mol. The van der Waals surface area contributed by atoms with E-state index in [2.05, 4.69) is 25.2 Å². The third kappa shape index (κ3) is 3.04. The Morgan fingerprint density at radius 1 is 1.04 bits per heavy atom. The number of rotatable bonds is 3. The number of fused-ring (bicyclic) bond motifs is 1. The van der Waals surface area contributed by atoms with Crippen molar-refractivity contribution in [1.82, 2.24) is 24.9 Å². The first-order valence-electron chi connectivity index (χ1n) is 8.90. The van der Waals surface area contributed by atoms with Crippen molar-refractivity contribution in [2.45, 2.75) is 0 Å². The van der Waals surface area contributed by atoms with Gasteiger partial charge in [-0.2, -0.15) is 0 Å². The van der Waals surface area contributed by atoms with E-state index in [1.54, 1.807) is 29.9 Å². The molecule has 0 unspecified atom stereocenters. The number of nitrogen functional groups attached to an aromatic ring is 1. The first-order chi connectivity index (χ1) is 13.8. The van der Waals surface area contributed by atoms with Gasteiger partial charge in [-0.3, -0.25) is 4.98 Å². The topological polar surface area (TPSA) is 103 Å². The summed E-state index contributed by atoms with van der Waals surface area (Å²) >= 11 is 1.65. The number of aromatic nitrogens is 5. The van der Waals surface area contributed by atoms with E-state index in [1.165, 1.54) is 0 Å². The summed E-state index contributed by atoms with van der Waals surface area (Å²) < 4.78 is 6.57. The maximum atomic E-state index is 5.64. The van der Waals surface area contributed by atoms with Crippen LogP contribution in [-0.4, -0.2) is 51.2 Å². The van der Waals surface area contributed by atoms with E-state index in [4.69, 9.17) is 20.4 Å². The van der Waals surface area contributed by atoms with Crippen LogP contribution in [0, 0.1) is 0 Å². The monoisotopic (exact) mass is 391 g/mol. The Kier molecular flexibility index (Phi) is 4.30. The Labute approximate surface area is 165 Å². The van der Waals surface area contributed by atoms with Gasteiger partial charge in [0.05, 0.1) is 29.0 Å². The molecule has 9 heteroatoms. The number of anilines is 2. The number of hydrogen-bond donors (Lipinski definition) is 1. The molecule has 5 heterocycles. The van der Waals surface area contributed by atoms with Crippen molar-refractivity contribution in [2.24, 2.45) is 0 Å². The zero-order chi connectivity index (χ0) is 18.9. The first-order valence-corrected chi connectivity index (χ1v) is 9.78. The molecule has 1 saturated heterocycles. The molecule has 0 saturated carbocycles. The molecule has 2 N–H and O–H groups in total. The van der Waals surface area contributed by atoms with Crippen molar-refractivity contribution >= 4 is 33.3 Å². The molecule has 140 valence electrons. The molecule has 0 amide bonds. The zero-order valence-corrected chi connectivity index (χ0v) is 15.8. The van der Waals surface area contributed by atoms with E-state index in [9.17, 15) is 0 Å². The molecule has 0 bridgehead atoms. The Hall–Kier alpha value is -3.17. The van der Waals surface area contributed by atoms with Crippen LogP contribution in [0.3, 0.4) is 0 Å². The van der Waals surface area contributed by atoms with E-state index < -0.39 is 0 Å². The molecule has 1 aliphatic rings. The lowest BCUT2D eigenvalue weighted by Crippen LogP contribution is -2.36. The van der Waals surface area contributed by atoms with Crippen LogP contribution in [0.15, 0.2) is 42.3 Å². The SMILES string of the molecule is Nc1ncc(-c2nc(N3CCOCC3)c3scc(-c4cccnc4)c3n2)cn1. The predicted molar refractivity (Wildman–Crippen MR) is 109 cm³/mol. The highest BCUT2D eigenvalue weighted by Gasteiger charge is 2.21. The summed E-state index contributed by atoms with van der Waals surface area (Å²) in [6, 6.07) is 3.97. The zero-order valence-electron chi connectivity index (χ0n) is 14.9. The lowest BCUT2D eigenvalue weighted by molar-refractivity contribution is 0.122. The van der Waals surface area contributed by atoms with E-state index >= 15 is 0 Å². The molecular formula is C19H17N7OS. The summed E-state index contributed by atoms with van der Waals surface area (Å²) in [4.78, 5) is 24.4. The number of hydrogen-bond acceptors (Lipinski definition) is 9. The average Bonchev–Trinajstić information content (AvgIpc) is 3.19. The summed E-state index contributed by atoms with van der Waals surface area (Å²) in [6.45, 7) is 2.97. The number of morpholine rings is 1. The first kappa shape index (κ1) is 17.0. The van der Waals surface area contributed by atoms with Crippen molar-refractivity contribution in [3.63, 3.8) is 0 Å². The number of ether oxygens (including phenoxy) is 1. The molecule has 0 radical (unpaired) electrons. The fourth-order valence-corrected chi connectivity index (χ4v) is 4.23. The van der Waals surface area contributed by atoms with Crippen molar-refractivity contribution in [3.8, 4) is 22.5 Å². The van der Waals surface area contributed by atoms with Gasteiger partial charge in [-0.15, -0.1) is 11.3 Å². The van der Waals surface area contributed by atoms with Gasteiger partial charge in [0.15, 0.2) is 11.6 Å². The summed E-state index contributed by atoms with van der Waals surface area (Å²) in [7, 11) is 0. The molecule has 5 rings (SSSR count). The Morgan fingerprint density at radius 2 is 1.86 bits per heavy atom. The lowest BCUT2D eigenvalue weighted by atomic mass is 10.1. The van der Waals surface area contributed by atoms with E-state index in [1.807, 2.05) is 18.3 Å². The fraction of sp³-hybridized carbons (Fsp3) is 0.211. The van der Waals surface area contributed by atoms with Crippen molar-refractivity contribution in [1.29, 1.82) is 0 Å². The molecule has 4 aromatic heterocycles. The van der Waals surface area contributed by atoms with Crippen molar-refractivity contribution in [2.75, 3.05) is 36.9 Å². The van der Waals surface area contributed by atoms with Gasteiger partial charge in [0.1, 0.15) is 0 Å². The normalized spacial score (nSPS) is 14.5. The summed E-state index contributed by atoms with van der Waals surface area (Å²) in [6.07, 6.45) is 6.93. The van der Waals surface area contributed by atoms with Crippen molar-refractivity contribution in [3.05, 3.63) is 42.3 Å². The van der Waals surface area contributed by atoms with Crippen LogP contribution in [0.25, 0.3) is 32.7 Å². The van der Waals surface area contributed by atoms with Crippen LogP contribution < -0.4 is 10.6 Å². The lowest BCUT2D eigenvalue weighted by Gasteiger charge is -2.28. The molecule has 28 heavy (non-hydrogen) atoms. The van der Waals surface area contributed by atoms with Crippen LogP contribution in [-0.2, 0) is 4.74 Å². The Balaban J connectivity index is 1.72. The minimum atomic E-state index is 0.227. The summed E-state index contributed by atoms with van der Waals surface area (Å²) in [5.74, 6) is 1.72. The second kappa shape index (κ2) is 7.10. The van der Waals surface area contributed by atoms with E-state index in [0.29, 0.717) is 19.0 Å². The van der Waals surface area contributed by atoms with Gasteiger partial charge < -0.3 is 15.4 Å². The third-order valence-corrected chi connectivity index (χ3v) is 5.58. The molecule has 1 fully saturated rings. The highest BCUT2D eigenvalue weighted by molar-refractivity contribution is 7.18. The highest BCUT2D eigenvalue weighted by atomic mass is 32.1.